The molecule has 2 rings (SSSR count). The molecule has 1 aromatic rings. The van der Waals surface area contributed by atoms with E-state index in [2.05, 4.69) is 31.2 Å². The van der Waals surface area contributed by atoms with E-state index in [4.69, 9.17) is 0 Å². The van der Waals surface area contributed by atoms with Gasteiger partial charge in [0.15, 0.2) is 0 Å². The van der Waals surface area contributed by atoms with Gasteiger partial charge in [0.2, 0.25) is 0 Å². The Morgan fingerprint density at radius 2 is 2.07 bits per heavy atom. The fourth-order valence-electron chi connectivity index (χ4n) is 2.52. The van der Waals surface area contributed by atoms with Crippen molar-refractivity contribution >= 4 is 0 Å². The van der Waals surface area contributed by atoms with Crippen LogP contribution in [0.4, 0.5) is 0 Å². The van der Waals surface area contributed by atoms with Crippen LogP contribution in [0.15, 0.2) is 24.3 Å². The summed E-state index contributed by atoms with van der Waals surface area (Å²) in [6.45, 7) is 2.18. The predicted molar refractivity (Wildman–Crippen MR) is 58.4 cm³/mol. The van der Waals surface area contributed by atoms with Crippen molar-refractivity contribution in [1.82, 2.24) is 0 Å². The summed E-state index contributed by atoms with van der Waals surface area (Å²) >= 11 is 0. The zero-order valence-corrected chi connectivity index (χ0v) is 8.74. The normalized spacial score (nSPS) is 26.7. The predicted octanol–water partition coefficient (Wildman–Crippen LogP) is 2.88. The highest BCUT2D eigenvalue weighted by molar-refractivity contribution is 5.31. The number of aryl methyl sites for hydroxylation is 1. The molecule has 0 amide bonds. The first kappa shape index (κ1) is 9.72. The molecule has 1 fully saturated rings. The molecule has 1 N–H and O–H groups in total. The molecule has 0 aliphatic heterocycles. The van der Waals surface area contributed by atoms with Crippen LogP contribution >= 0.6 is 0 Å². The summed E-state index contributed by atoms with van der Waals surface area (Å²) in [5.74, 6) is 0.395. The van der Waals surface area contributed by atoms with Crippen molar-refractivity contribution in [3.63, 3.8) is 0 Å². The van der Waals surface area contributed by atoms with Crippen molar-refractivity contribution < 1.29 is 5.11 Å². The number of rotatable bonds is 2. The van der Waals surface area contributed by atoms with Crippen LogP contribution in [0.3, 0.4) is 0 Å². The fourth-order valence-corrected chi connectivity index (χ4v) is 2.52. The van der Waals surface area contributed by atoms with Gasteiger partial charge in [-0.2, -0.15) is 0 Å². The van der Waals surface area contributed by atoms with E-state index in [-0.39, 0.29) is 6.10 Å². The molecule has 0 heterocycles. The largest absolute Gasteiger partial charge is 0.392 e. The fraction of sp³-hybridized carbons (Fsp3) is 0.538. The Bertz CT molecular complexity index is 306. The molecule has 1 aromatic carbocycles. The first-order chi connectivity index (χ1) is 6.83. The molecule has 1 saturated carbocycles. The van der Waals surface area contributed by atoms with E-state index in [0.29, 0.717) is 5.92 Å². The average molecular weight is 190 g/mol. The molecule has 2 unspecified atom stereocenters. The lowest BCUT2D eigenvalue weighted by molar-refractivity contribution is 0.163. The van der Waals surface area contributed by atoms with Crippen molar-refractivity contribution in [1.29, 1.82) is 0 Å². The molecular formula is C13H18O. The van der Waals surface area contributed by atoms with Gasteiger partial charge in [-0.05, 0) is 30.4 Å². The second-order valence-corrected chi connectivity index (χ2v) is 4.16. The third kappa shape index (κ3) is 1.69. The molecule has 1 heteroatoms. The third-order valence-electron chi connectivity index (χ3n) is 3.31. The number of hydrogen-bond donors (Lipinski definition) is 1. The van der Waals surface area contributed by atoms with Gasteiger partial charge in [0, 0.05) is 5.92 Å². The Morgan fingerprint density at radius 3 is 2.71 bits per heavy atom. The molecular weight excluding hydrogens is 172 g/mol. The van der Waals surface area contributed by atoms with Crippen LogP contribution < -0.4 is 0 Å². The summed E-state index contributed by atoms with van der Waals surface area (Å²) in [5, 5.41) is 9.86. The molecule has 1 aliphatic rings. The molecule has 1 nitrogen and oxygen atoms in total. The zero-order valence-electron chi connectivity index (χ0n) is 8.74. The lowest BCUT2D eigenvalue weighted by Crippen LogP contribution is -2.12. The average Bonchev–Trinajstić information content (AvgIpc) is 2.64. The van der Waals surface area contributed by atoms with Crippen LogP contribution in [-0.4, -0.2) is 11.2 Å². The summed E-state index contributed by atoms with van der Waals surface area (Å²) in [7, 11) is 0. The minimum absolute atomic E-state index is 0.109. The van der Waals surface area contributed by atoms with Crippen LogP contribution in [0.2, 0.25) is 0 Å². The third-order valence-corrected chi connectivity index (χ3v) is 3.31. The molecule has 0 radical (unpaired) electrons. The van der Waals surface area contributed by atoms with Crippen LogP contribution in [0.25, 0.3) is 0 Å². The molecule has 1 aliphatic carbocycles. The zero-order chi connectivity index (χ0) is 9.97. The van der Waals surface area contributed by atoms with E-state index in [1.165, 1.54) is 17.5 Å². The molecule has 2 atom stereocenters. The maximum Gasteiger partial charge on any atom is 0.0608 e. The van der Waals surface area contributed by atoms with Crippen LogP contribution in [-0.2, 0) is 6.42 Å². The lowest BCUT2D eigenvalue weighted by atomic mass is 9.90. The smallest absolute Gasteiger partial charge is 0.0608 e. The van der Waals surface area contributed by atoms with Gasteiger partial charge in [0.1, 0.15) is 0 Å². The van der Waals surface area contributed by atoms with Gasteiger partial charge in [-0.25, -0.2) is 0 Å². The van der Waals surface area contributed by atoms with Gasteiger partial charge in [-0.1, -0.05) is 37.6 Å². The van der Waals surface area contributed by atoms with Crippen molar-refractivity contribution in [2.24, 2.45) is 0 Å². The van der Waals surface area contributed by atoms with Crippen molar-refractivity contribution in [2.75, 3.05) is 0 Å². The molecule has 0 spiro atoms. The number of benzene rings is 1. The quantitative estimate of drug-likeness (QED) is 0.760. The summed E-state index contributed by atoms with van der Waals surface area (Å²) < 4.78 is 0. The van der Waals surface area contributed by atoms with E-state index in [0.717, 1.165) is 19.3 Å². The van der Waals surface area contributed by atoms with Gasteiger partial charge in [0.25, 0.3) is 0 Å². The Labute approximate surface area is 85.8 Å². The molecule has 0 aromatic heterocycles. The number of aliphatic hydroxyl groups excluding tert-OH is 1. The van der Waals surface area contributed by atoms with E-state index in [1.807, 2.05) is 0 Å². The number of hydrogen-bond acceptors (Lipinski definition) is 1. The molecule has 0 saturated heterocycles. The highest BCUT2D eigenvalue weighted by Crippen LogP contribution is 2.36. The van der Waals surface area contributed by atoms with Crippen LogP contribution in [0.5, 0.6) is 0 Å². The highest BCUT2D eigenvalue weighted by Gasteiger charge is 2.27. The van der Waals surface area contributed by atoms with E-state index < -0.39 is 0 Å². The Kier molecular flexibility index (Phi) is 2.87. The summed E-state index contributed by atoms with van der Waals surface area (Å²) in [6, 6.07) is 8.53. The van der Waals surface area contributed by atoms with Crippen molar-refractivity contribution in [2.45, 2.75) is 44.6 Å². The minimum Gasteiger partial charge on any atom is -0.392 e. The Balaban J connectivity index is 2.30. The Morgan fingerprint density at radius 1 is 1.29 bits per heavy atom. The van der Waals surface area contributed by atoms with Gasteiger partial charge in [-0.3, -0.25) is 0 Å². The van der Waals surface area contributed by atoms with E-state index >= 15 is 0 Å². The monoisotopic (exact) mass is 190 g/mol. The first-order valence-corrected chi connectivity index (χ1v) is 5.58. The van der Waals surface area contributed by atoms with Gasteiger partial charge >= 0.3 is 0 Å². The first-order valence-electron chi connectivity index (χ1n) is 5.58. The standard InChI is InChI=1S/C13H18O/c1-2-10-6-3-4-7-11(10)12-8-5-9-13(12)14/h3-4,6-7,12-14H,2,5,8-9H2,1H3. The molecule has 0 bridgehead atoms. The molecule has 14 heavy (non-hydrogen) atoms. The summed E-state index contributed by atoms with van der Waals surface area (Å²) in [6.07, 6.45) is 4.26. The highest BCUT2D eigenvalue weighted by atomic mass is 16.3. The Hall–Kier alpha value is -0.820. The van der Waals surface area contributed by atoms with Crippen molar-refractivity contribution in [3.8, 4) is 0 Å². The second kappa shape index (κ2) is 4.14. The van der Waals surface area contributed by atoms with Crippen LogP contribution in [0.1, 0.15) is 43.2 Å². The maximum atomic E-state index is 9.86. The summed E-state index contributed by atoms with van der Waals surface area (Å²) in [4.78, 5) is 0. The SMILES string of the molecule is CCc1ccccc1C1CCCC1O. The van der Waals surface area contributed by atoms with Gasteiger partial charge < -0.3 is 5.11 Å². The van der Waals surface area contributed by atoms with E-state index in [9.17, 15) is 5.11 Å². The van der Waals surface area contributed by atoms with Gasteiger partial charge in [-0.15, -0.1) is 0 Å². The topological polar surface area (TPSA) is 20.2 Å². The van der Waals surface area contributed by atoms with E-state index in [1.54, 1.807) is 0 Å². The van der Waals surface area contributed by atoms with Gasteiger partial charge in [0.05, 0.1) is 6.10 Å². The second-order valence-electron chi connectivity index (χ2n) is 4.16. The van der Waals surface area contributed by atoms with Crippen LogP contribution in [0, 0.1) is 0 Å². The maximum absolute atomic E-state index is 9.86. The minimum atomic E-state index is -0.109. The summed E-state index contributed by atoms with van der Waals surface area (Å²) in [5.41, 5.74) is 2.78. The van der Waals surface area contributed by atoms with Crippen molar-refractivity contribution in [3.05, 3.63) is 35.4 Å². The lowest BCUT2D eigenvalue weighted by Gasteiger charge is -2.18. The molecule has 76 valence electrons. The number of aliphatic hydroxyl groups is 1.